The predicted octanol–water partition coefficient (Wildman–Crippen LogP) is 0.348. The Bertz CT molecular complexity index is 296. The summed E-state index contributed by atoms with van der Waals surface area (Å²) in [6.07, 6.45) is 2.55. The second-order valence-electron chi connectivity index (χ2n) is 4.85. The summed E-state index contributed by atoms with van der Waals surface area (Å²) < 4.78 is 0. The van der Waals surface area contributed by atoms with Crippen LogP contribution in [0.1, 0.15) is 19.3 Å². The Labute approximate surface area is 108 Å². The number of carboxylic acids is 1. The highest BCUT2D eigenvalue weighted by molar-refractivity contribution is 5.74. The van der Waals surface area contributed by atoms with Crippen LogP contribution in [0, 0.1) is 11.8 Å². The van der Waals surface area contributed by atoms with Gasteiger partial charge in [-0.3, -0.25) is 4.79 Å². The van der Waals surface area contributed by atoms with E-state index in [2.05, 4.69) is 10.6 Å². The number of rotatable bonds is 6. The van der Waals surface area contributed by atoms with Gasteiger partial charge in [0.2, 0.25) is 0 Å². The summed E-state index contributed by atoms with van der Waals surface area (Å²) in [5.41, 5.74) is 0. The molecule has 0 saturated heterocycles. The lowest BCUT2D eigenvalue weighted by atomic mass is 9.96. The quantitative estimate of drug-likeness (QED) is 0.641. The van der Waals surface area contributed by atoms with Crippen molar-refractivity contribution in [2.45, 2.75) is 19.3 Å². The topological polar surface area (TPSA) is 81.7 Å². The van der Waals surface area contributed by atoms with Crippen molar-refractivity contribution in [1.82, 2.24) is 15.5 Å². The minimum atomic E-state index is -0.740. The average Bonchev–Trinajstić information content (AvgIpc) is 2.81. The molecule has 1 saturated carbocycles. The largest absolute Gasteiger partial charge is 0.481 e. The highest BCUT2D eigenvalue weighted by Gasteiger charge is 2.32. The summed E-state index contributed by atoms with van der Waals surface area (Å²) in [4.78, 5) is 24.3. The molecule has 1 rings (SSSR count). The maximum Gasteiger partial charge on any atom is 0.317 e. The molecule has 0 radical (unpaired) electrons. The summed E-state index contributed by atoms with van der Waals surface area (Å²) in [6.45, 7) is 1.83. The van der Waals surface area contributed by atoms with Gasteiger partial charge < -0.3 is 20.6 Å². The van der Waals surface area contributed by atoms with Gasteiger partial charge in [0.15, 0.2) is 0 Å². The molecule has 1 aliphatic carbocycles. The molecule has 2 unspecified atom stereocenters. The number of carbonyl (C=O) groups excluding carboxylic acids is 1. The van der Waals surface area contributed by atoms with Gasteiger partial charge in [-0.15, -0.1) is 0 Å². The van der Waals surface area contributed by atoms with Gasteiger partial charge in [-0.2, -0.15) is 0 Å². The Kier molecular flexibility index (Phi) is 5.91. The first-order valence-electron chi connectivity index (χ1n) is 6.42. The summed E-state index contributed by atoms with van der Waals surface area (Å²) >= 11 is 0. The summed E-state index contributed by atoms with van der Waals surface area (Å²) in [5.74, 6) is -0.965. The average molecular weight is 257 g/mol. The zero-order valence-corrected chi connectivity index (χ0v) is 11.1. The van der Waals surface area contributed by atoms with Crippen molar-refractivity contribution in [2.24, 2.45) is 11.8 Å². The van der Waals surface area contributed by atoms with Gasteiger partial charge in [-0.05, 0) is 25.8 Å². The van der Waals surface area contributed by atoms with E-state index in [1.807, 2.05) is 7.05 Å². The highest BCUT2D eigenvalue weighted by Crippen LogP contribution is 2.31. The maximum atomic E-state index is 11.7. The summed E-state index contributed by atoms with van der Waals surface area (Å²) in [5, 5.41) is 14.8. The third kappa shape index (κ3) is 4.18. The van der Waals surface area contributed by atoms with Crippen LogP contribution in [-0.4, -0.2) is 55.7 Å². The molecule has 0 aromatic rings. The molecule has 0 spiro atoms. The van der Waals surface area contributed by atoms with E-state index in [9.17, 15) is 9.59 Å². The van der Waals surface area contributed by atoms with E-state index >= 15 is 0 Å². The number of likely N-dealkylation sites (N-methyl/N-ethyl adjacent to an activating group) is 2. The van der Waals surface area contributed by atoms with Gasteiger partial charge in [-0.25, -0.2) is 4.79 Å². The number of carboxylic acid groups (broad SMARTS) is 1. The third-order valence-corrected chi connectivity index (χ3v) is 3.54. The first-order valence-corrected chi connectivity index (χ1v) is 6.42. The van der Waals surface area contributed by atoms with Crippen molar-refractivity contribution in [3.05, 3.63) is 0 Å². The van der Waals surface area contributed by atoms with Crippen LogP contribution in [0.2, 0.25) is 0 Å². The van der Waals surface area contributed by atoms with E-state index in [0.717, 1.165) is 25.8 Å². The third-order valence-electron chi connectivity index (χ3n) is 3.54. The smallest absolute Gasteiger partial charge is 0.317 e. The van der Waals surface area contributed by atoms with Crippen molar-refractivity contribution < 1.29 is 14.7 Å². The van der Waals surface area contributed by atoms with E-state index in [-0.39, 0.29) is 17.9 Å². The highest BCUT2D eigenvalue weighted by atomic mass is 16.4. The molecule has 18 heavy (non-hydrogen) atoms. The van der Waals surface area contributed by atoms with Crippen LogP contribution in [0.3, 0.4) is 0 Å². The standard InChI is InChI=1S/C12H23N3O3/c1-13-6-7-15(2)12(18)14-8-9-4-3-5-10(9)11(16)17/h9-10,13H,3-8H2,1-2H3,(H,14,18)(H,16,17). The Morgan fingerprint density at radius 2 is 2.11 bits per heavy atom. The van der Waals surface area contributed by atoms with Crippen molar-refractivity contribution >= 4 is 12.0 Å². The van der Waals surface area contributed by atoms with Crippen molar-refractivity contribution in [2.75, 3.05) is 33.7 Å². The van der Waals surface area contributed by atoms with Crippen LogP contribution in [-0.2, 0) is 4.79 Å². The molecule has 0 bridgehead atoms. The molecule has 0 aliphatic heterocycles. The lowest BCUT2D eigenvalue weighted by Gasteiger charge is -2.21. The Balaban J connectivity index is 2.31. The van der Waals surface area contributed by atoms with Crippen LogP contribution >= 0.6 is 0 Å². The molecule has 0 aromatic carbocycles. The molecular weight excluding hydrogens is 234 g/mol. The van der Waals surface area contributed by atoms with Gasteiger partial charge in [0.05, 0.1) is 5.92 Å². The zero-order valence-electron chi connectivity index (χ0n) is 11.1. The molecule has 104 valence electrons. The fraction of sp³-hybridized carbons (Fsp3) is 0.833. The van der Waals surface area contributed by atoms with Crippen molar-refractivity contribution in [3.8, 4) is 0 Å². The number of urea groups is 1. The SMILES string of the molecule is CNCCN(C)C(=O)NCC1CCCC1C(=O)O. The van der Waals surface area contributed by atoms with Crippen LogP contribution in [0.5, 0.6) is 0 Å². The van der Waals surface area contributed by atoms with E-state index in [1.54, 1.807) is 11.9 Å². The molecule has 2 atom stereocenters. The fourth-order valence-electron chi connectivity index (χ4n) is 2.34. The molecule has 6 nitrogen and oxygen atoms in total. The van der Waals surface area contributed by atoms with Gasteiger partial charge in [0.25, 0.3) is 0 Å². The lowest BCUT2D eigenvalue weighted by Crippen LogP contribution is -2.42. The molecule has 0 aromatic heterocycles. The maximum absolute atomic E-state index is 11.7. The molecule has 6 heteroatoms. The van der Waals surface area contributed by atoms with Crippen LogP contribution in [0.25, 0.3) is 0 Å². The predicted molar refractivity (Wildman–Crippen MR) is 68.4 cm³/mol. The van der Waals surface area contributed by atoms with E-state index in [1.165, 1.54) is 0 Å². The van der Waals surface area contributed by atoms with E-state index < -0.39 is 5.97 Å². The molecular formula is C12H23N3O3. The van der Waals surface area contributed by atoms with Crippen LogP contribution < -0.4 is 10.6 Å². The lowest BCUT2D eigenvalue weighted by molar-refractivity contribution is -0.142. The van der Waals surface area contributed by atoms with E-state index in [0.29, 0.717) is 13.1 Å². The number of nitrogens with zero attached hydrogens (tertiary/aromatic N) is 1. The zero-order chi connectivity index (χ0) is 13.5. The molecule has 2 amide bonds. The molecule has 0 heterocycles. The van der Waals surface area contributed by atoms with Crippen LogP contribution in [0.15, 0.2) is 0 Å². The minimum Gasteiger partial charge on any atom is -0.481 e. The number of amides is 2. The van der Waals surface area contributed by atoms with Gasteiger partial charge in [0.1, 0.15) is 0 Å². The van der Waals surface area contributed by atoms with Crippen molar-refractivity contribution in [3.63, 3.8) is 0 Å². The number of aliphatic carboxylic acids is 1. The normalized spacial score (nSPS) is 22.8. The van der Waals surface area contributed by atoms with Gasteiger partial charge in [-0.1, -0.05) is 6.42 Å². The van der Waals surface area contributed by atoms with E-state index in [4.69, 9.17) is 5.11 Å². The Hall–Kier alpha value is -1.30. The second-order valence-corrected chi connectivity index (χ2v) is 4.85. The summed E-state index contributed by atoms with van der Waals surface area (Å²) in [6, 6.07) is -0.138. The molecule has 1 fully saturated rings. The second kappa shape index (κ2) is 7.20. The molecule has 3 N–H and O–H groups in total. The number of hydrogen-bond donors (Lipinski definition) is 3. The fourth-order valence-corrected chi connectivity index (χ4v) is 2.34. The first-order chi connectivity index (χ1) is 8.56. The molecule has 1 aliphatic rings. The number of hydrogen-bond acceptors (Lipinski definition) is 3. The Morgan fingerprint density at radius 3 is 2.72 bits per heavy atom. The number of nitrogens with one attached hydrogen (secondary N) is 2. The summed E-state index contributed by atoms with van der Waals surface area (Å²) in [7, 11) is 3.57. The first kappa shape index (κ1) is 14.8. The Morgan fingerprint density at radius 1 is 1.39 bits per heavy atom. The van der Waals surface area contributed by atoms with Gasteiger partial charge in [0, 0.05) is 26.7 Å². The number of carbonyl (C=O) groups is 2. The minimum absolute atomic E-state index is 0.0733. The van der Waals surface area contributed by atoms with Crippen LogP contribution in [0.4, 0.5) is 4.79 Å². The monoisotopic (exact) mass is 257 g/mol. The van der Waals surface area contributed by atoms with Gasteiger partial charge >= 0.3 is 12.0 Å². The van der Waals surface area contributed by atoms with Crippen molar-refractivity contribution in [1.29, 1.82) is 0 Å².